The summed E-state index contributed by atoms with van der Waals surface area (Å²) in [5, 5.41) is 3.05. The predicted molar refractivity (Wildman–Crippen MR) is 119 cm³/mol. The highest BCUT2D eigenvalue weighted by Crippen LogP contribution is 2.42. The molecule has 4 rings (SSSR count). The minimum absolute atomic E-state index is 0.0113. The number of hydrogen-bond donors (Lipinski definition) is 1. The average Bonchev–Trinajstić information content (AvgIpc) is 3.02. The molecule has 10 nitrogen and oxygen atoms in total. The Morgan fingerprint density at radius 3 is 2.71 bits per heavy atom. The van der Waals surface area contributed by atoms with E-state index in [9.17, 15) is 21.6 Å². The molecule has 0 aromatic heterocycles. The summed E-state index contributed by atoms with van der Waals surface area (Å²) < 4.78 is 59.4. The molecule has 2 unspecified atom stereocenters. The topological polar surface area (TPSA) is 125 Å². The number of amides is 1. The van der Waals surface area contributed by atoms with Crippen LogP contribution >= 0.6 is 11.8 Å². The molecule has 0 spiro atoms. The van der Waals surface area contributed by atoms with Gasteiger partial charge in [-0.3, -0.25) is 4.79 Å². The van der Waals surface area contributed by atoms with E-state index in [2.05, 4.69) is 9.71 Å². The first kappa shape index (κ1) is 22.5. The van der Waals surface area contributed by atoms with Crippen LogP contribution in [0.4, 0.5) is 5.69 Å². The molecule has 1 N–H and O–H groups in total. The fourth-order valence-corrected chi connectivity index (χ4v) is 7.54. The SMILES string of the molecule is CC1CN(S(=O)(=O)CCNC(=O)c2ccc3c(c2)SC2=NS(=O)(=O)CCN23)CC(C)O1. The fraction of sp³-hybridized carbons (Fsp3) is 0.556. The number of morpholine rings is 1. The third-order valence-electron chi connectivity index (χ3n) is 5.16. The van der Waals surface area contributed by atoms with Gasteiger partial charge in [-0.05, 0) is 43.8 Å². The molecular formula is C18H24N4O6S3. The second-order valence-electron chi connectivity index (χ2n) is 7.74. The van der Waals surface area contributed by atoms with Crippen molar-refractivity contribution in [1.82, 2.24) is 9.62 Å². The minimum atomic E-state index is -3.51. The Bertz CT molecular complexity index is 1120. The lowest BCUT2D eigenvalue weighted by Gasteiger charge is -2.34. The number of nitrogens with one attached hydrogen (secondary N) is 1. The highest BCUT2D eigenvalue weighted by Gasteiger charge is 2.34. The molecule has 13 heteroatoms. The molecule has 1 aromatic carbocycles. The standard InChI is InChI=1S/C18H24N4O6S3/c1-12-10-21(11-13(2)28-12)31(26,27)7-5-19-17(23)14-3-4-15-16(9-14)29-18-20-30(24,25)8-6-22(15)18/h3-4,9,12-13H,5-8,10-11H2,1-2H3,(H,19,23). The van der Waals surface area contributed by atoms with E-state index in [1.807, 2.05) is 18.7 Å². The molecule has 2 atom stereocenters. The van der Waals surface area contributed by atoms with E-state index in [4.69, 9.17) is 4.74 Å². The van der Waals surface area contributed by atoms with Crippen LogP contribution in [0.25, 0.3) is 0 Å². The molecule has 170 valence electrons. The van der Waals surface area contributed by atoms with Crippen LogP contribution < -0.4 is 10.2 Å². The van der Waals surface area contributed by atoms with Crippen molar-refractivity contribution in [3.05, 3.63) is 23.8 Å². The molecule has 0 bridgehead atoms. The lowest BCUT2D eigenvalue weighted by molar-refractivity contribution is -0.0440. The molecule has 0 radical (unpaired) electrons. The molecule has 31 heavy (non-hydrogen) atoms. The van der Waals surface area contributed by atoms with Crippen LogP contribution in [-0.4, -0.2) is 82.1 Å². The number of carbonyl (C=O) groups is 1. The Balaban J connectivity index is 1.37. The van der Waals surface area contributed by atoms with Crippen LogP contribution in [0.1, 0.15) is 24.2 Å². The van der Waals surface area contributed by atoms with E-state index in [1.54, 1.807) is 18.2 Å². The van der Waals surface area contributed by atoms with Crippen molar-refractivity contribution in [3.63, 3.8) is 0 Å². The van der Waals surface area contributed by atoms with E-state index < -0.39 is 20.0 Å². The first-order valence-electron chi connectivity index (χ1n) is 9.88. The number of anilines is 1. The summed E-state index contributed by atoms with van der Waals surface area (Å²) in [6, 6.07) is 5.06. The van der Waals surface area contributed by atoms with Gasteiger partial charge in [0.25, 0.3) is 15.9 Å². The van der Waals surface area contributed by atoms with E-state index in [1.165, 1.54) is 16.1 Å². The Morgan fingerprint density at radius 1 is 1.29 bits per heavy atom. The Kier molecular flexibility index (Phi) is 6.07. The number of thioether (sulfide) groups is 1. The van der Waals surface area contributed by atoms with Crippen LogP contribution in [0.5, 0.6) is 0 Å². The number of rotatable bonds is 5. The summed E-state index contributed by atoms with van der Waals surface area (Å²) in [7, 11) is -6.95. The molecule has 1 saturated heterocycles. The van der Waals surface area contributed by atoms with Crippen molar-refractivity contribution in [1.29, 1.82) is 0 Å². The predicted octanol–water partition coefficient (Wildman–Crippen LogP) is 0.467. The van der Waals surface area contributed by atoms with E-state index >= 15 is 0 Å². The van der Waals surface area contributed by atoms with Crippen LogP contribution in [0.3, 0.4) is 0 Å². The third kappa shape index (κ3) is 4.90. The summed E-state index contributed by atoms with van der Waals surface area (Å²) in [6.07, 6.45) is -0.341. The van der Waals surface area contributed by atoms with Gasteiger partial charge in [0.15, 0.2) is 5.17 Å². The van der Waals surface area contributed by atoms with Crippen LogP contribution in [0.15, 0.2) is 27.5 Å². The van der Waals surface area contributed by atoms with Gasteiger partial charge in [-0.25, -0.2) is 16.8 Å². The van der Waals surface area contributed by atoms with E-state index in [0.717, 1.165) is 10.6 Å². The molecule has 1 aromatic rings. The zero-order valence-electron chi connectivity index (χ0n) is 17.1. The zero-order chi connectivity index (χ0) is 22.4. The average molecular weight is 489 g/mol. The van der Waals surface area contributed by atoms with Gasteiger partial charge in [-0.1, -0.05) is 0 Å². The Morgan fingerprint density at radius 2 is 2.00 bits per heavy atom. The van der Waals surface area contributed by atoms with Gasteiger partial charge >= 0.3 is 0 Å². The maximum absolute atomic E-state index is 12.6. The van der Waals surface area contributed by atoms with E-state index in [-0.39, 0.29) is 36.2 Å². The maximum atomic E-state index is 12.6. The highest BCUT2D eigenvalue weighted by atomic mass is 32.2. The highest BCUT2D eigenvalue weighted by molar-refractivity contribution is 8.15. The summed E-state index contributed by atoms with van der Waals surface area (Å²) in [6.45, 7) is 4.59. The van der Waals surface area contributed by atoms with Crippen LogP contribution in [0.2, 0.25) is 0 Å². The van der Waals surface area contributed by atoms with Crippen LogP contribution in [-0.2, 0) is 24.8 Å². The smallest absolute Gasteiger partial charge is 0.257 e. The fourth-order valence-electron chi connectivity index (χ4n) is 3.75. The number of fused-ring (bicyclic) bond motifs is 3. The Hall–Kier alpha value is -1.67. The van der Waals surface area contributed by atoms with Gasteiger partial charge in [-0.2, -0.15) is 4.31 Å². The van der Waals surface area contributed by atoms with Gasteiger partial charge in [0, 0.05) is 36.6 Å². The van der Waals surface area contributed by atoms with Crippen molar-refractivity contribution in [2.45, 2.75) is 31.0 Å². The zero-order valence-corrected chi connectivity index (χ0v) is 19.6. The van der Waals surface area contributed by atoms with Crippen molar-refractivity contribution in [2.24, 2.45) is 4.40 Å². The van der Waals surface area contributed by atoms with Crippen molar-refractivity contribution >= 4 is 48.6 Å². The summed E-state index contributed by atoms with van der Waals surface area (Å²) in [4.78, 5) is 15.1. The number of hydrogen-bond acceptors (Lipinski definition) is 8. The quantitative estimate of drug-likeness (QED) is 0.634. The molecule has 0 aliphatic carbocycles. The van der Waals surface area contributed by atoms with Gasteiger partial charge in [0.1, 0.15) is 0 Å². The normalized spacial score (nSPS) is 25.5. The molecule has 1 fully saturated rings. The van der Waals surface area contributed by atoms with E-state index in [0.29, 0.717) is 30.4 Å². The molecule has 3 aliphatic heterocycles. The number of benzene rings is 1. The second-order valence-corrected chi connectivity index (χ2v) is 12.6. The number of carbonyl (C=O) groups excluding carboxylic acids is 1. The molecular weight excluding hydrogens is 464 g/mol. The Labute approximate surface area is 186 Å². The maximum Gasteiger partial charge on any atom is 0.257 e. The van der Waals surface area contributed by atoms with Crippen molar-refractivity contribution in [2.75, 3.05) is 42.6 Å². The van der Waals surface area contributed by atoms with Crippen LogP contribution in [0, 0.1) is 0 Å². The molecule has 3 aliphatic rings. The van der Waals surface area contributed by atoms with Crippen molar-refractivity contribution in [3.8, 4) is 0 Å². The molecule has 0 saturated carbocycles. The first-order chi connectivity index (χ1) is 14.5. The summed E-state index contributed by atoms with van der Waals surface area (Å²) in [5.41, 5.74) is 1.19. The third-order valence-corrected chi connectivity index (χ3v) is 9.27. The minimum Gasteiger partial charge on any atom is -0.373 e. The number of nitrogens with zero attached hydrogens (tertiary/aromatic N) is 3. The van der Waals surface area contributed by atoms with Gasteiger partial charge in [-0.15, -0.1) is 4.40 Å². The largest absolute Gasteiger partial charge is 0.373 e. The first-order valence-corrected chi connectivity index (χ1v) is 13.9. The number of ether oxygens (including phenoxy) is 1. The van der Waals surface area contributed by atoms with Crippen molar-refractivity contribution < 1.29 is 26.4 Å². The number of amidine groups is 1. The van der Waals surface area contributed by atoms with Gasteiger partial charge in [0.2, 0.25) is 10.0 Å². The lowest BCUT2D eigenvalue weighted by atomic mass is 10.2. The molecule has 1 amide bonds. The second kappa shape index (κ2) is 8.35. The van der Waals surface area contributed by atoms with Gasteiger partial charge < -0.3 is 15.0 Å². The van der Waals surface area contributed by atoms with Gasteiger partial charge in [0.05, 0.1) is 29.4 Å². The summed E-state index contributed by atoms with van der Waals surface area (Å²) >= 11 is 1.20. The number of sulfonamides is 2. The lowest BCUT2D eigenvalue weighted by Crippen LogP contribution is -2.49. The molecule has 3 heterocycles. The monoisotopic (exact) mass is 488 g/mol. The summed E-state index contributed by atoms with van der Waals surface area (Å²) in [5.74, 6) is -0.629.